The molecular weight excluding hydrogens is 152 g/mol. The zero-order valence-corrected chi connectivity index (χ0v) is 6.78. The third-order valence-electron chi connectivity index (χ3n) is 1.68. The minimum atomic E-state index is -0.252. The molecule has 1 aromatic rings. The maximum Gasteiger partial charge on any atom is 0.138 e. The molecule has 62 valence electrons. The van der Waals surface area contributed by atoms with Crippen molar-refractivity contribution in [1.82, 2.24) is 0 Å². The summed E-state index contributed by atoms with van der Waals surface area (Å²) in [5.41, 5.74) is 6.44. The molecule has 0 fully saturated rings. The molecule has 0 saturated heterocycles. The summed E-state index contributed by atoms with van der Waals surface area (Å²) >= 11 is 0. The van der Waals surface area contributed by atoms with Gasteiger partial charge in [0.1, 0.15) is 11.8 Å². The summed E-state index contributed by atoms with van der Waals surface area (Å²) < 4.78 is 0. The normalized spacial score (nSPS) is 12.1. The molecule has 0 bridgehead atoms. The van der Waals surface area contributed by atoms with Crippen LogP contribution < -0.4 is 5.73 Å². The van der Waals surface area contributed by atoms with Crippen molar-refractivity contribution in [3.05, 3.63) is 29.3 Å². The van der Waals surface area contributed by atoms with Gasteiger partial charge in [-0.05, 0) is 13.0 Å². The van der Waals surface area contributed by atoms with Crippen molar-refractivity contribution in [3.63, 3.8) is 0 Å². The van der Waals surface area contributed by atoms with Crippen LogP contribution in [0.15, 0.2) is 18.2 Å². The third kappa shape index (κ3) is 1.39. The molecule has 1 rings (SSSR count). The van der Waals surface area contributed by atoms with Crippen molar-refractivity contribution in [3.8, 4) is 11.8 Å². The largest absolute Gasteiger partial charge is 0.506 e. The molecule has 0 spiro atoms. The Morgan fingerprint density at radius 1 is 1.58 bits per heavy atom. The first-order valence-corrected chi connectivity index (χ1v) is 3.64. The van der Waals surface area contributed by atoms with E-state index in [-0.39, 0.29) is 17.4 Å². The molecule has 0 amide bonds. The minimum Gasteiger partial charge on any atom is -0.506 e. The Balaban J connectivity index is 3.25. The fraction of sp³-hybridized carbons (Fsp3) is 0.222. The minimum absolute atomic E-state index is 0.00463. The van der Waals surface area contributed by atoms with E-state index in [0.29, 0.717) is 5.56 Å². The van der Waals surface area contributed by atoms with E-state index in [2.05, 4.69) is 0 Å². The number of hydrogen-bond acceptors (Lipinski definition) is 3. The van der Waals surface area contributed by atoms with Crippen LogP contribution in [0.1, 0.15) is 24.1 Å². The van der Waals surface area contributed by atoms with Crippen LogP contribution in [0.25, 0.3) is 0 Å². The Morgan fingerprint density at radius 3 is 2.75 bits per heavy atom. The lowest BCUT2D eigenvalue weighted by atomic mass is 10.0. The molecule has 0 aliphatic heterocycles. The SMILES string of the molecule is CC(N)c1cccc(C#N)c1O. The van der Waals surface area contributed by atoms with Crippen molar-refractivity contribution in [1.29, 1.82) is 5.26 Å². The van der Waals surface area contributed by atoms with Gasteiger partial charge in [0, 0.05) is 11.6 Å². The fourth-order valence-corrected chi connectivity index (χ4v) is 1.02. The molecule has 12 heavy (non-hydrogen) atoms. The molecule has 1 aromatic carbocycles. The predicted molar refractivity (Wildman–Crippen MR) is 45.4 cm³/mol. The Morgan fingerprint density at radius 2 is 2.25 bits per heavy atom. The van der Waals surface area contributed by atoms with Gasteiger partial charge >= 0.3 is 0 Å². The first-order chi connectivity index (χ1) is 5.66. The highest BCUT2D eigenvalue weighted by atomic mass is 16.3. The van der Waals surface area contributed by atoms with E-state index in [9.17, 15) is 5.11 Å². The molecule has 1 atom stereocenters. The van der Waals surface area contributed by atoms with Gasteiger partial charge in [0.25, 0.3) is 0 Å². The quantitative estimate of drug-likeness (QED) is 0.653. The smallest absolute Gasteiger partial charge is 0.138 e. The van der Waals surface area contributed by atoms with Gasteiger partial charge < -0.3 is 10.8 Å². The van der Waals surface area contributed by atoms with Gasteiger partial charge in [-0.3, -0.25) is 0 Å². The van der Waals surface area contributed by atoms with E-state index >= 15 is 0 Å². The lowest BCUT2D eigenvalue weighted by Gasteiger charge is -2.08. The van der Waals surface area contributed by atoms with Crippen molar-refractivity contribution >= 4 is 0 Å². The summed E-state index contributed by atoms with van der Waals surface area (Å²) in [7, 11) is 0. The summed E-state index contributed by atoms with van der Waals surface area (Å²) in [5.74, 6) is -0.00463. The van der Waals surface area contributed by atoms with Crippen molar-refractivity contribution in [2.75, 3.05) is 0 Å². The molecule has 0 heterocycles. The number of para-hydroxylation sites is 1. The van der Waals surface area contributed by atoms with Gasteiger partial charge in [0.15, 0.2) is 0 Å². The van der Waals surface area contributed by atoms with E-state index in [1.165, 1.54) is 0 Å². The number of aromatic hydroxyl groups is 1. The van der Waals surface area contributed by atoms with E-state index in [0.717, 1.165) is 0 Å². The average molecular weight is 162 g/mol. The Labute approximate surface area is 71.1 Å². The molecule has 0 aromatic heterocycles. The summed E-state index contributed by atoms with van der Waals surface area (Å²) in [6.07, 6.45) is 0. The topological polar surface area (TPSA) is 70.0 Å². The lowest BCUT2D eigenvalue weighted by Crippen LogP contribution is -2.05. The molecule has 3 heteroatoms. The standard InChI is InChI=1S/C9H10N2O/c1-6(11)8-4-2-3-7(5-10)9(8)12/h2-4,6,12H,11H2,1H3. The lowest BCUT2D eigenvalue weighted by molar-refractivity contribution is 0.462. The highest BCUT2D eigenvalue weighted by Gasteiger charge is 2.08. The fourth-order valence-electron chi connectivity index (χ4n) is 1.02. The summed E-state index contributed by atoms with van der Waals surface area (Å²) in [4.78, 5) is 0. The van der Waals surface area contributed by atoms with Crippen molar-refractivity contribution < 1.29 is 5.11 Å². The number of benzene rings is 1. The van der Waals surface area contributed by atoms with E-state index in [4.69, 9.17) is 11.0 Å². The first kappa shape index (κ1) is 8.57. The summed E-state index contributed by atoms with van der Waals surface area (Å²) in [6, 6.07) is 6.60. The predicted octanol–water partition coefficient (Wildman–Crippen LogP) is 1.28. The van der Waals surface area contributed by atoms with Crippen LogP contribution in [0.4, 0.5) is 0 Å². The van der Waals surface area contributed by atoms with Gasteiger partial charge in [-0.15, -0.1) is 0 Å². The Bertz CT molecular complexity index is 326. The summed E-state index contributed by atoms with van der Waals surface area (Å²) in [5, 5.41) is 18.0. The second kappa shape index (κ2) is 3.24. The number of phenolic OH excluding ortho intramolecular Hbond substituents is 1. The highest BCUT2D eigenvalue weighted by molar-refractivity contribution is 5.48. The number of nitrogens with two attached hydrogens (primary N) is 1. The average Bonchev–Trinajstić information content (AvgIpc) is 2.04. The molecule has 1 unspecified atom stereocenters. The Hall–Kier alpha value is -1.53. The van der Waals surface area contributed by atoms with Gasteiger partial charge in [-0.2, -0.15) is 5.26 Å². The van der Waals surface area contributed by atoms with Gasteiger partial charge in [0.2, 0.25) is 0 Å². The number of phenols is 1. The van der Waals surface area contributed by atoms with Gasteiger partial charge in [-0.25, -0.2) is 0 Å². The number of nitrogens with zero attached hydrogens (tertiary/aromatic N) is 1. The van der Waals surface area contributed by atoms with E-state index in [1.807, 2.05) is 6.07 Å². The van der Waals surface area contributed by atoms with Crippen LogP contribution in [-0.4, -0.2) is 5.11 Å². The number of hydrogen-bond donors (Lipinski definition) is 2. The van der Waals surface area contributed by atoms with Crippen molar-refractivity contribution in [2.24, 2.45) is 5.73 Å². The second-order valence-corrected chi connectivity index (χ2v) is 2.64. The highest BCUT2D eigenvalue weighted by Crippen LogP contribution is 2.25. The maximum atomic E-state index is 9.46. The molecule has 0 radical (unpaired) electrons. The second-order valence-electron chi connectivity index (χ2n) is 2.64. The van der Waals surface area contributed by atoms with Gasteiger partial charge in [-0.1, -0.05) is 12.1 Å². The van der Waals surface area contributed by atoms with Crippen LogP contribution in [-0.2, 0) is 0 Å². The third-order valence-corrected chi connectivity index (χ3v) is 1.68. The van der Waals surface area contributed by atoms with Crippen LogP contribution >= 0.6 is 0 Å². The van der Waals surface area contributed by atoms with Crippen LogP contribution in [0.2, 0.25) is 0 Å². The first-order valence-electron chi connectivity index (χ1n) is 3.64. The van der Waals surface area contributed by atoms with Crippen LogP contribution in [0.5, 0.6) is 5.75 Å². The van der Waals surface area contributed by atoms with Crippen LogP contribution in [0.3, 0.4) is 0 Å². The molecular formula is C9H10N2O. The molecule has 0 aliphatic carbocycles. The maximum absolute atomic E-state index is 9.46. The zero-order chi connectivity index (χ0) is 9.14. The van der Waals surface area contributed by atoms with E-state index < -0.39 is 0 Å². The van der Waals surface area contributed by atoms with Gasteiger partial charge in [0.05, 0.1) is 5.56 Å². The zero-order valence-electron chi connectivity index (χ0n) is 6.78. The number of rotatable bonds is 1. The molecule has 0 saturated carbocycles. The molecule has 3 nitrogen and oxygen atoms in total. The van der Waals surface area contributed by atoms with Crippen molar-refractivity contribution in [2.45, 2.75) is 13.0 Å². The molecule has 0 aliphatic rings. The van der Waals surface area contributed by atoms with E-state index in [1.54, 1.807) is 25.1 Å². The summed E-state index contributed by atoms with van der Waals surface area (Å²) in [6.45, 7) is 1.76. The number of nitriles is 1. The Kier molecular flexibility index (Phi) is 2.32. The molecule has 3 N–H and O–H groups in total. The monoisotopic (exact) mass is 162 g/mol. The van der Waals surface area contributed by atoms with Crippen LogP contribution in [0, 0.1) is 11.3 Å².